The summed E-state index contributed by atoms with van der Waals surface area (Å²) in [7, 11) is 0. The fourth-order valence-electron chi connectivity index (χ4n) is 1.86. The Morgan fingerprint density at radius 3 is 2.94 bits per heavy atom. The Labute approximate surface area is 100.0 Å². The Kier molecular flexibility index (Phi) is 3.78. The van der Waals surface area contributed by atoms with E-state index in [0.717, 1.165) is 16.6 Å². The zero-order valence-electron chi connectivity index (χ0n) is 9.53. The second-order valence-corrected chi connectivity index (χ2v) is 5.09. The quantitative estimate of drug-likeness (QED) is 0.698. The number of nitrogens with zero attached hydrogens (tertiary/aromatic N) is 1. The fraction of sp³-hybridized carbons (Fsp3) is 0.462. The van der Waals surface area contributed by atoms with Crippen molar-refractivity contribution in [1.29, 1.82) is 0 Å². The van der Waals surface area contributed by atoms with E-state index in [1.54, 1.807) is 0 Å². The van der Waals surface area contributed by atoms with Crippen molar-refractivity contribution in [3.63, 3.8) is 0 Å². The molecule has 0 saturated carbocycles. The first-order chi connectivity index (χ1) is 7.79. The van der Waals surface area contributed by atoms with E-state index in [2.05, 4.69) is 24.0 Å². The van der Waals surface area contributed by atoms with Crippen molar-refractivity contribution in [2.45, 2.75) is 39.0 Å². The van der Waals surface area contributed by atoms with E-state index in [1.807, 2.05) is 6.07 Å². The second-order valence-electron chi connectivity index (χ2n) is 4.09. The number of aromatic nitrogens is 1. The molecule has 0 spiro atoms. The number of unbranched alkanes of at least 4 members (excludes halogenated alkanes) is 3. The summed E-state index contributed by atoms with van der Waals surface area (Å²) in [5, 5.41) is 11.0. The van der Waals surface area contributed by atoms with Crippen LogP contribution >= 0.6 is 11.3 Å². The molecule has 0 amide bonds. The molecule has 0 N–H and O–H groups in total. The van der Waals surface area contributed by atoms with E-state index < -0.39 is 0 Å². The van der Waals surface area contributed by atoms with Gasteiger partial charge in [0.25, 0.3) is 0 Å². The monoisotopic (exact) mass is 234 g/mol. The summed E-state index contributed by atoms with van der Waals surface area (Å²) < 4.78 is 1.03. The molecular formula is C13H16NOS. The van der Waals surface area contributed by atoms with Crippen molar-refractivity contribution in [2.24, 2.45) is 0 Å². The van der Waals surface area contributed by atoms with Gasteiger partial charge in [-0.1, -0.05) is 43.6 Å². The third kappa shape index (κ3) is 2.73. The highest BCUT2D eigenvalue weighted by molar-refractivity contribution is 7.20. The molecule has 2 nitrogen and oxygen atoms in total. The Morgan fingerprint density at radius 1 is 1.25 bits per heavy atom. The van der Waals surface area contributed by atoms with Gasteiger partial charge in [0.1, 0.15) is 0 Å². The first-order valence-electron chi connectivity index (χ1n) is 5.86. The highest BCUT2D eigenvalue weighted by Gasteiger charge is 2.04. The number of benzene rings is 1. The zero-order chi connectivity index (χ0) is 11.4. The number of thiazole rings is 1. The van der Waals surface area contributed by atoms with Crippen LogP contribution in [0.4, 0.5) is 0 Å². The predicted molar refractivity (Wildman–Crippen MR) is 67.6 cm³/mol. The smallest absolute Gasteiger partial charge is 0.255 e. The average Bonchev–Trinajstić information content (AvgIpc) is 2.64. The second kappa shape index (κ2) is 5.30. The van der Waals surface area contributed by atoms with Gasteiger partial charge in [-0.2, -0.15) is 4.98 Å². The molecule has 16 heavy (non-hydrogen) atoms. The van der Waals surface area contributed by atoms with Crippen LogP contribution in [0.2, 0.25) is 0 Å². The van der Waals surface area contributed by atoms with E-state index in [0.29, 0.717) is 0 Å². The number of fused-ring (bicyclic) bond motifs is 1. The molecule has 0 atom stereocenters. The fourth-order valence-corrected chi connectivity index (χ4v) is 2.62. The summed E-state index contributed by atoms with van der Waals surface area (Å²) in [5.74, 6) is 0. The van der Waals surface area contributed by atoms with Gasteiger partial charge < -0.3 is 0 Å². The van der Waals surface area contributed by atoms with Gasteiger partial charge in [0.05, 0.1) is 10.2 Å². The van der Waals surface area contributed by atoms with E-state index in [4.69, 9.17) is 0 Å². The van der Waals surface area contributed by atoms with Gasteiger partial charge in [-0.3, -0.25) is 5.11 Å². The molecule has 2 aromatic rings. The van der Waals surface area contributed by atoms with Crippen LogP contribution in [0.15, 0.2) is 18.2 Å². The van der Waals surface area contributed by atoms with E-state index >= 15 is 0 Å². The molecule has 0 bridgehead atoms. The van der Waals surface area contributed by atoms with Gasteiger partial charge in [0.15, 0.2) is 0 Å². The van der Waals surface area contributed by atoms with Crippen LogP contribution in [-0.2, 0) is 11.5 Å². The standard InChI is InChI=1S/C13H16NOS/c1-2-3-4-5-6-10-7-8-11-12(9-10)16-13(15)14-11/h7-9H,2-6H2,1H3. The van der Waals surface area contributed by atoms with Gasteiger partial charge in [0, 0.05) is 0 Å². The Hall–Kier alpha value is -1.09. The molecule has 85 valence electrons. The minimum atomic E-state index is -0.0851. The van der Waals surface area contributed by atoms with Crippen molar-refractivity contribution >= 4 is 21.6 Å². The summed E-state index contributed by atoms with van der Waals surface area (Å²) in [5.41, 5.74) is 2.17. The van der Waals surface area contributed by atoms with Gasteiger partial charge >= 0.3 is 5.19 Å². The Morgan fingerprint density at radius 2 is 2.12 bits per heavy atom. The van der Waals surface area contributed by atoms with Crippen LogP contribution in [0.25, 0.3) is 10.2 Å². The molecule has 1 aromatic carbocycles. The number of hydrogen-bond acceptors (Lipinski definition) is 2. The van der Waals surface area contributed by atoms with Crippen molar-refractivity contribution in [2.75, 3.05) is 0 Å². The number of hydrogen-bond donors (Lipinski definition) is 0. The topological polar surface area (TPSA) is 32.8 Å². The summed E-state index contributed by atoms with van der Waals surface area (Å²) >= 11 is 1.24. The first kappa shape index (κ1) is 11.4. The van der Waals surface area contributed by atoms with Crippen LogP contribution in [0.1, 0.15) is 38.2 Å². The minimum absolute atomic E-state index is 0.0851. The van der Waals surface area contributed by atoms with E-state index in [9.17, 15) is 5.11 Å². The van der Waals surface area contributed by atoms with Crippen LogP contribution in [-0.4, -0.2) is 4.98 Å². The number of rotatable bonds is 5. The molecule has 0 aliphatic carbocycles. The molecule has 1 radical (unpaired) electrons. The molecule has 0 unspecified atom stereocenters. The van der Waals surface area contributed by atoms with Crippen LogP contribution in [0.3, 0.4) is 0 Å². The van der Waals surface area contributed by atoms with Crippen molar-refractivity contribution in [1.82, 2.24) is 4.98 Å². The normalized spacial score (nSPS) is 11.1. The lowest BCUT2D eigenvalue weighted by Gasteiger charge is -2.00. The lowest BCUT2D eigenvalue weighted by Crippen LogP contribution is -1.85. The minimum Gasteiger partial charge on any atom is -0.255 e. The highest BCUT2D eigenvalue weighted by Crippen LogP contribution is 2.28. The molecule has 0 saturated heterocycles. The van der Waals surface area contributed by atoms with Crippen LogP contribution in [0, 0.1) is 0 Å². The largest absolute Gasteiger partial charge is 0.327 e. The maximum absolute atomic E-state index is 11.1. The molecule has 1 heterocycles. The van der Waals surface area contributed by atoms with Crippen molar-refractivity contribution in [3.8, 4) is 5.19 Å². The summed E-state index contributed by atoms with van der Waals surface area (Å²) in [6, 6.07) is 6.16. The van der Waals surface area contributed by atoms with Crippen LogP contribution in [0.5, 0.6) is 5.19 Å². The first-order valence-corrected chi connectivity index (χ1v) is 6.67. The molecular weight excluding hydrogens is 218 g/mol. The molecule has 3 heteroatoms. The van der Waals surface area contributed by atoms with Crippen molar-refractivity contribution < 1.29 is 5.11 Å². The van der Waals surface area contributed by atoms with Gasteiger partial charge in [0.2, 0.25) is 0 Å². The Balaban J connectivity index is 2.02. The van der Waals surface area contributed by atoms with Crippen molar-refractivity contribution in [3.05, 3.63) is 23.8 Å². The number of aryl methyl sites for hydroxylation is 1. The predicted octanol–water partition coefficient (Wildman–Crippen LogP) is 4.56. The average molecular weight is 234 g/mol. The van der Waals surface area contributed by atoms with Gasteiger partial charge in [-0.15, -0.1) is 0 Å². The third-order valence-corrected chi connectivity index (χ3v) is 3.57. The van der Waals surface area contributed by atoms with Crippen LogP contribution < -0.4 is 0 Å². The Bertz CT molecular complexity index is 464. The summed E-state index contributed by atoms with van der Waals surface area (Å²) in [6.07, 6.45) is 6.23. The zero-order valence-corrected chi connectivity index (χ0v) is 10.3. The third-order valence-electron chi connectivity index (χ3n) is 2.75. The lowest BCUT2D eigenvalue weighted by atomic mass is 10.1. The molecule has 1 aromatic heterocycles. The summed E-state index contributed by atoms with van der Waals surface area (Å²) in [6.45, 7) is 2.22. The molecule has 2 rings (SSSR count). The molecule has 0 aliphatic rings. The molecule has 0 fully saturated rings. The van der Waals surface area contributed by atoms with Gasteiger partial charge in [-0.05, 0) is 30.5 Å². The van der Waals surface area contributed by atoms with E-state index in [1.165, 1.54) is 42.6 Å². The van der Waals surface area contributed by atoms with E-state index in [-0.39, 0.29) is 5.19 Å². The maximum Gasteiger partial charge on any atom is 0.327 e. The molecule has 0 aliphatic heterocycles. The maximum atomic E-state index is 11.1. The SMILES string of the molecule is CCCCCCc1ccc2nc([O])sc2c1. The van der Waals surface area contributed by atoms with Gasteiger partial charge in [-0.25, -0.2) is 0 Å². The summed E-state index contributed by atoms with van der Waals surface area (Å²) in [4.78, 5) is 3.93. The highest BCUT2D eigenvalue weighted by atomic mass is 32.1. The lowest BCUT2D eigenvalue weighted by molar-refractivity contribution is 0.353.